The van der Waals surface area contributed by atoms with Gasteiger partial charge in [0, 0.05) is 12.7 Å². The maximum Gasteiger partial charge on any atom is 0.251 e. The van der Waals surface area contributed by atoms with Gasteiger partial charge in [-0.1, -0.05) is 11.8 Å². The number of nitrogens with zero attached hydrogens (tertiary/aromatic N) is 3. The van der Waals surface area contributed by atoms with Crippen molar-refractivity contribution in [2.24, 2.45) is 12.8 Å². The Labute approximate surface area is 157 Å². The Kier molecular flexibility index (Phi) is 5.75. The minimum atomic E-state index is -0.535. The third-order valence-electron chi connectivity index (χ3n) is 4.62. The predicted molar refractivity (Wildman–Crippen MR) is 104 cm³/mol. The molecule has 2 amide bonds. The summed E-state index contributed by atoms with van der Waals surface area (Å²) < 4.78 is 1.72. The third-order valence-corrected chi connectivity index (χ3v) is 5.71. The second-order valence-electron chi connectivity index (χ2n) is 6.41. The molecule has 0 radical (unpaired) electrons. The zero-order valence-corrected chi connectivity index (χ0v) is 17.0. The van der Waals surface area contributed by atoms with Crippen molar-refractivity contribution < 1.29 is 9.59 Å². The molecule has 1 atom stereocenters. The third kappa shape index (κ3) is 3.75. The number of aryl methyl sites for hydroxylation is 3. The van der Waals surface area contributed by atoms with Crippen molar-refractivity contribution in [2.45, 2.75) is 51.8 Å². The summed E-state index contributed by atoms with van der Waals surface area (Å²) in [5, 5.41) is 7.25. The maximum absolute atomic E-state index is 12.6. The van der Waals surface area contributed by atoms with Gasteiger partial charge in [-0.15, -0.1) is 0 Å². The highest BCUT2D eigenvalue weighted by molar-refractivity contribution is 8.00. The molecule has 0 aliphatic rings. The van der Waals surface area contributed by atoms with Crippen LogP contribution in [0.15, 0.2) is 5.03 Å². The number of primary amides is 1. The fraction of sp³-hybridized carbons (Fsp3) is 0.444. The molecule has 0 aliphatic heterocycles. The molecule has 2 heterocycles. The standard InChI is InChI=1S/C18H25N5O2S/c1-8-9(2)14(16(19)24)18(20-10(8)3)26-13(6)17(25)21-15-11(4)22-23(7)12(15)5/h13H,1-7H3,(H2,19,24)(H,21,25)/t13-/m0/s1. The Balaban J connectivity index is 2.28. The number of nitrogens with one attached hydrogen (secondary N) is 1. The van der Waals surface area contributed by atoms with Crippen LogP contribution in [0.4, 0.5) is 5.69 Å². The normalized spacial score (nSPS) is 12.1. The second-order valence-corrected chi connectivity index (χ2v) is 7.74. The molecule has 3 N–H and O–H groups in total. The monoisotopic (exact) mass is 375 g/mol. The van der Waals surface area contributed by atoms with Crippen molar-refractivity contribution in [2.75, 3.05) is 5.32 Å². The molecular weight excluding hydrogens is 350 g/mol. The van der Waals surface area contributed by atoms with E-state index in [1.54, 1.807) is 11.6 Å². The second kappa shape index (κ2) is 7.49. The van der Waals surface area contributed by atoms with Crippen LogP contribution < -0.4 is 11.1 Å². The van der Waals surface area contributed by atoms with Gasteiger partial charge in [-0.3, -0.25) is 14.3 Å². The van der Waals surface area contributed by atoms with Crippen molar-refractivity contribution in [3.05, 3.63) is 33.8 Å². The van der Waals surface area contributed by atoms with Gasteiger partial charge in [0.2, 0.25) is 5.91 Å². The Hall–Kier alpha value is -2.35. The van der Waals surface area contributed by atoms with E-state index in [-0.39, 0.29) is 5.91 Å². The summed E-state index contributed by atoms with van der Waals surface area (Å²) in [5.74, 6) is -0.713. The number of hydrogen-bond acceptors (Lipinski definition) is 5. The lowest BCUT2D eigenvalue weighted by molar-refractivity contribution is -0.115. The lowest BCUT2D eigenvalue weighted by atomic mass is 10.0. The van der Waals surface area contributed by atoms with Gasteiger partial charge in [0.1, 0.15) is 5.03 Å². The van der Waals surface area contributed by atoms with Gasteiger partial charge in [-0.25, -0.2) is 4.98 Å². The van der Waals surface area contributed by atoms with Gasteiger partial charge < -0.3 is 11.1 Å². The Morgan fingerprint density at radius 2 is 1.73 bits per heavy atom. The van der Waals surface area contributed by atoms with Crippen LogP contribution in [0.1, 0.15) is 45.5 Å². The average molecular weight is 375 g/mol. The number of nitrogens with two attached hydrogens (primary N) is 1. The van der Waals surface area contributed by atoms with Crippen LogP contribution in [0, 0.1) is 34.6 Å². The molecular formula is C18H25N5O2S. The van der Waals surface area contributed by atoms with E-state index in [1.165, 1.54) is 11.8 Å². The average Bonchev–Trinajstić information content (AvgIpc) is 2.78. The van der Waals surface area contributed by atoms with E-state index in [0.717, 1.165) is 28.2 Å². The van der Waals surface area contributed by atoms with Crippen molar-refractivity contribution in [3.63, 3.8) is 0 Å². The number of carbonyl (C=O) groups excluding carboxylic acids is 2. The summed E-state index contributed by atoms with van der Waals surface area (Å²) in [6.07, 6.45) is 0. The Morgan fingerprint density at radius 1 is 1.12 bits per heavy atom. The van der Waals surface area contributed by atoms with Crippen LogP contribution >= 0.6 is 11.8 Å². The molecule has 0 saturated carbocycles. The topological polar surface area (TPSA) is 103 Å². The van der Waals surface area contributed by atoms with E-state index >= 15 is 0 Å². The molecule has 0 aliphatic carbocycles. The predicted octanol–water partition coefficient (Wildman–Crippen LogP) is 2.58. The van der Waals surface area contributed by atoms with Crippen LogP contribution in [-0.2, 0) is 11.8 Å². The van der Waals surface area contributed by atoms with Gasteiger partial charge in [0.25, 0.3) is 5.91 Å². The summed E-state index contributed by atoms with van der Waals surface area (Å²) in [6.45, 7) is 11.2. The van der Waals surface area contributed by atoms with Crippen LogP contribution in [0.5, 0.6) is 0 Å². The van der Waals surface area contributed by atoms with Crippen molar-refractivity contribution >= 4 is 29.3 Å². The first-order chi connectivity index (χ1) is 12.0. The number of pyridine rings is 1. The van der Waals surface area contributed by atoms with Crippen LogP contribution in [0.3, 0.4) is 0 Å². The molecule has 8 heteroatoms. The molecule has 2 rings (SSSR count). The molecule has 26 heavy (non-hydrogen) atoms. The quantitative estimate of drug-likeness (QED) is 0.782. The molecule has 0 spiro atoms. The summed E-state index contributed by atoms with van der Waals surface area (Å²) in [4.78, 5) is 29.0. The maximum atomic E-state index is 12.6. The van der Waals surface area contributed by atoms with Crippen LogP contribution in [0.25, 0.3) is 0 Å². The summed E-state index contributed by atoms with van der Waals surface area (Å²) >= 11 is 1.23. The minimum Gasteiger partial charge on any atom is -0.366 e. The number of hydrogen-bond donors (Lipinski definition) is 2. The lowest BCUT2D eigenvalue weighted by Gasteiger charge is -2.16. The first kappa shape index (κ1) is 20.0. The fourth-order valence-electron chi connectivity index (χ4n) is 2.69. The number of anilines is 1. The van der Waals surface area contributed by atoms with Gasteiger partial charge in [-0.05, 0) is 52.7 Å². The smallest absolute Gasteiger partial charge is 0.251 e. The molecule has 140 valence electrons. The fourth-order valence-corrected chi connectivity index (χ4v) is 3.75. The highest BCUT2D eigenvalue weighted by atomic mass is 32.2. The van der Waals surface area contributed by atoms with Crippen LogP contribution in [0.2, 0.25) is 0 Å². The lowest BCUT2D eigenvalue weighted by Crippen LogP contribution is -2.24. The number of amides is 2. The Morgan fingerprint density at radius 3 is 2.23 bits per heavy atom. The largest absolute Gasteiger partial charge is 0.366 e. The van der Waals surface area contributed by atoms with Crippen molar-refractivity contribution in [1.82, 2.24) is 14.8 Å². The number of rotatable bonds is 5. The highest BCUT2D eigenvalue weighted by Crippen LogP contribution is 2.30. The molecule has 0 fully saturated rings. The van der Waals surface area contributed by atoms with E-state index in [0.29, 0.717) is 16.3 Å². The van der Waals surface area contributed by atoms with E-state index in [1.807, 2.05) is 41.7 Å². The van der Waals surface area contributed by atoms with Crippen LogP contribution in [-0.4, -0.2) is 31.8 Å². The van der Waals surface area contributed by atoms with Crippen molar-refractivity contribution in [3.8, 4) is 0 Å². The molecule has 7 nitrogen and oxygen atoms in total. The van der Waals surface area contributed by atoms with Gasteiger partial charge in [-0.2, -0.15) is 5.10 Å². The number of thioether (sulfide) groups is 1. The zero-order valence-electron chi connectivity index (χ0n) is 16.2. The van der Waals surface area contributed by atoms with E-state index < -0.39 is 11.2 Å². The van der Waals surface area contributed by atoms with Crippen molar-refractivity contribution in [1.29, 1.82) is 0 Å². The molecule has 0 unspecified atom stereocenters. The molecule has 0 bridgehead atoms. The van der Waals surface area contributed by atoms with E-state index in [9.17, 15) is 9.59 Å². The summed E-state index contributed by atoms with van der Waals surface area (Å²) in [7, 11) is 1.83. The molecule has 2 aromatic rings. The minimum absolute atomic E-state index is 0.178. The van der Waals surface area contributed by atoms with Gasteiger partial charge in [0.05, 0.1) is 27.9 Å². The highest BCUT2D eigenvalue weighted by Gasteiger charge is 2.23. The zero-order chi connectivity index (χ0) is 19.8. The van der Waals surface area contributed by atoms with E-state index in [2.05, 4.69) is 15.4 Å². The summed E-state index contributed by atoms with van der Waals surface area (Å²) in [5.41, 5.74) is 10.8. The molecule has 0 aromatic carbocycles. The first-order valence-electron chi connectivity index (χ1n) is 8.29. The number of carbonyl (C=O) groups is 2. The molecule has 0 saturated heterocycles. The Bertz CT molecular complexity index is 888. The van der Waals surface area contributed by atoms with Gasteiger partial charge >= 0.3 is 0 Å². The number of aromatic nitrogens is 3. The molecule has 2 aromatic heterocycles. The first-order valence-corrected chi connectivity index (χ1v) is 9.17. The van der Waals surface area contributed by atoms with Gasteiger partial charge in [0.15, 0.2) is 0 Å². The van der Waals surface area contributed by atoms with E-state index in [4.69, 9.17) is 5.73 Å². The SMILES string of the molecule is Cc1nc(S[C@@H](C)C(=O)Nc2c(C)nn(C)c2C)c(C(N)=O)c(C)c1C. The summed E-state index contributed by atoms with van der Waals surface area (Å²) in [6, 6.07) is 0.